The van der Waals surface area contributed by atoms with E-state index in [0.29, 0.717) is 17.3 Å². The fraction of sp³-hybridized carbons (Fsp3) is 0.278. The molecule has 0 fully saturated rings. The van der Waals surface area contributed by atoms with Crippen molar-refractivity contribution in [2.45, 2.75) is 6.54 Å². The van der Waals surface area contributed by atoms with Crippen molar-refractivity contribution >= 4 is 28.9 Å². The minimum atomic E-state index is -0.266. The molecule has 0 heterocycles. The SMILES string of the molecule is CN(CC(=O)Nc1ccc(N(C)C)c(Cl)c1)Cc1ccc(F)cc1. The molecule has 1 N–H and O–H groups in total. The average Bonchev–Trinajstić information content (AvgIpc) is 2.49. The number of hydrogen-bond donors (Lipinski definition) is 1. The lowest BCUT2D eigenvalue weighted by Gasteiger charge is -2.18. The molecular weight excluding hydrogens is 329 g/mol. The molecule has 0 aliphatic carbocycles. The molecule has 0 saturated heterocycles. The van der Waals surface area contributed by atoms with Gasteiger partial charge in [0.2, 0.25) is 5.91 Å². The van der Waals surface area contributed by atoms with E-state index >= 15 is 0 Å². The number of nitrogens with one attached hydrogen (secondary N) is 1. The molecule has 0 radical (unpaired) electrons. The zero-order valence-corrected chi connectivity index (χ0v) is 14.8. The van der Waals surface area contributed by atoms with Crippen LogP contribution in [0.2, 0.25) is 5.02 Å². The number of rotatable bonds is 6. The summed E-state index contributed by atoms with van der Waals surface area (Å²) in [6.07, 6.45) is 0. The van der Waals surface area contributed by atoms with E-state index in [0.717, 1.165) is 11.3 Å². The van der Waals surface area contributed by atoms with E-state index in [-0.39, 0.29) is 18.3 Å². The van der Waals surface area contributed by atoms with Crippen molar-refractivity contribution in [3.63, 3.8) is 0 Å². The zero-order valence-electron chi connectivity index (χ0n) is 14.0. The van der Waals surface area contributed by atoms with Crippen molar-refractivity contribution in [3.8, 4) is 0 Å². The molecule has 0 bridgehead atoms. The van der Waals surface area contributed by atoms with E-state index in [2.05, 4.69) is 5.32 Å². The van der Waals surface area contributed by atoms with E-state index < -0.39 is 0 Å². The molecule has 0 aliphatic heterocycles. The molecule has 0 unspecified atom stereocenters. The van der Waals surface area contributed by atoms with Gasteiger partial charge in [-0.05, 0) is 42.9 Å². The Morgan fingerprint density at radius 1 is 1.12 bits per heavy atom. The first-order valence-electron chi connectivity index (χ1n) is 7.55. The van der Waals surface area contributed by atoms with Crippen LogP contribution >= 0.6 is 11.6 Å². The van der Waals surface area contributed by atoms with Crippen LogP contribution < -0.4 is 10.2 Å². The molecule has 2 rings (SSSR count). The van der Waals surface area contributed by atoms with Gasteiger partial charge in [0, 0.05) is 26.3 Å². The molecule has 6 heteroatoms. The van der Waals surface area contributed by atoms with Crippen LogP contribution in [0.15, 0.2) is 42.5 Å². The predicted octanol–water partition coefficient (Wildman–Crippen LogP) is 3.62. The number of anilines is 2. The van der Waals surface area contributed by atoms with E-state index in [4.69, 9.17) is 11.6 Å². The maximum atomic E-state index is 12.9. The Hall–Kier alpha value is -2.11. The largest absolute Gasteiger partial charge is 0.376 e. The van der Waals surface area contributed by atoms with Crippen molar-refractivity contribution in [1.29, 1.82) is 0 Å². The quantitative estimate of drug-likeness (QED) is 0.865. The van der Waals surface area contributed by atoms with Crippen LogP contribution in [0.5, 0.6) is 0 Å². The Bertz CT molecular complexity index is 704. The summed E-state index contributed by atoms with van der Waals surface area (Å²) < 4.78 is 12.9. The second-order valence-electron chi connectivity index (χ2n) is 5.91. The number of halogens is 2. The summed E-state index contributed by atoms with van der Waals surface area (Å²) in [7, 11) is 5.65. The topological polar surface area (TPSA) is 35.6 Å². The molecule has 0 saturated carbocycles. The summed E-state index contributed by atoms with van der Waals surface area (Å²) in [5.74, 6) is -0.398. The fourth-order valence-corrected chi connectivity index (χ4v) is 2.70. The summed E-state index contributed by atoms with van der Waals surface area (Å²) in [6, 6.07) is 11.7. The molecule has 0 spiro atoms. The molecular formula is C18H21ClFN3O. The third kappa shape index (κ3) is 5.22. The highest BCUT2D eigenvalue weighted by Gasteiger charge is 2.09. The van der Waals surface area contributed by atoms with Gasteiger partial charge in [0.1, 0.15) is 5.82 Å². The average molecular weight is 350 g/mol. The van der Waals surface area contributed by atoms with E-state index in [1.807, 2.05) is 43.1 Å². The Labute approximate surface area is 146 Å². The summed E-state index contributed by atoms with van der Waals surface area (Å²) in [4.78, 5) is 15.9. The van der Waals surface area contributed by atoms with Gasteiger partial charge in [-0.3, -0.25) is 9.69 Å². The predicted molar refractivity (Wildman–Crippen MR) is 97.1 cm³/mol. The Morgan fingerprint density at radius 3 is 2.38 bits per heavy atom. The second-order valence-corrected chi connectivity index (χ2v) is 6.31. The van der Waals surface area contributed by atoms with Gasteiger partial charge in [-0.25, -0.2) is 4.39 Å². The van der Waals surface area contributed by atoms with Gasteiger partial charge in [0.05, 0.1) is 17.3 Å². The number of likely N-dealkylation sites (N-methyl/N-ethyl adjacent to an activating group) is 1. The maximum absolute atomic E-state index is 12.9. The first-order valence-corrected chi connectivity index (χ1v) is 7.92. The van der Waals surface area contributed by atoms with E-state index in [1.165, 1.54) is 12.1 Å². The number of benzene rings is 2. The van der Waals surface area contributed by atoms with Gasteiger partial charge in [-0.2, -0.15) is 0 Å². The van der Waals surface area contributed by atoms with Crippen LogP contribution in [0.25, 0.3) is 0 Å². The molecule has 0 aromatic heterocycles. The number of amides is 1. The van der Waals surface area contributed by atoms with Gasteiger partial charge in [0.25, 0.3) is 0 Å². The van der Waals surface area contributed by atoms with Crippen molar-refractivity contribution in [1.82, 2.24) is 4.90 Å². The molecule has 0 atom stereocenters. The first-order chi connectivity index (χ1) is 11.3. The summed E-state index contributed by atoms with van der Waals surface area (Å²) >= 11 is 6.20. The number of carbonyl (C=O) groups excluding carboxylic acids is 1. The standard InChI is InChI=1S/C18H21ClFN3O/c1-22(2)17-9-8-15(10-16(17)19)21-18(24)12-23(3)11-13-4-6-14(20)7-5-13/h4-10H,11-12H2,1-3H3,(H,21,24). The highest BCUT2D eigenvalue weighted by molar-refractivity contribution is 6.33. The lowest BCUT2D eigenvalue weighted by molar-refractivity contribution is -0.117. The maximum Gasteiger partial charge on any atom is 0.238 e. The molecule has 1 amide bonds. The normalized spacial score (nSPS) is 10.8. The van der Waals surface area contributed by atoms with E-state index in [9.17, 15) is 9.18 Å². The highest BCUT2D eigenvalue weighted by Crippen LogP contribution is 2.27. The zero-order chi connectivity index (χ0) is 17.7. The van der Waals surface area contributed by atoms with Crippen molar-refractivity contribution in [3.05, 3.63) is 58.9 Å². The Morgan fingerprint density at radius 2 is 1.79 bits per heavy atom. The van der Waals surface area contributed by atoms with Gasteiger partial charge < -0.3 is 10.2 Å². The summed E-state index contributed by atoms with van der Waals surface area (Å²) in [6.45, 7) is 0.790. The van der Waals surface area contributed by atoms with Crippen molar-refractivity contribution < 1.29 is 9.18 Å². The molecule has 4 nitrogen and oxygen atoms in total. The Kier molecular flexibility index (Phi) is 6.17. The number of nitrogens with zero attached hydrogens (tertiary/aromatic N) is 2. The third-order valence-corrected chi connectivity index (χ3v) is 3.80. The lowest BCUT2D eigenvalue weighted by atomic mass is 10.2. The fourth-order valence-electron chi connectivity index (χ4n) is 2.35. The molecule has 128 valence electrons. The first kappa shape index (κ1) is 18.2. The van der Waals surface area contributed by atoms with Crippen LogP contribution in [0.4, 0.5) is 15.8 Å². The highest BCUT2D eigenvalue weighted by atomic mass is 35.5. The molecule has 2 aromatic rings. The van der Waals surface area contributed by atoms with Gasteiger partial charge in [0.15, 0.2) is 0 Å². The van der Waals surface area contributed by atoms with Crippen LogP contribution in [0.3, 0.4) is 0 Å². The minimum Gasteiger partial charge on any atom is -0.376 e. The second kappa shape index (κ2) is 8.13. The molecule has 0 aliphatic rings. The number of carbonyl (C=O) groups is 1. The van der Waals surface area contributed by atoms with Gasteiger partial charge in [-0.15, -0.1) is 0 Å². The lowest BCUT2D eigenvalue weighted by Crippen LogP contribution is -2.29. The van der Waals surface area contributed by atoms with Crippen molar-refractivity contribution in [2.75, 3.05) is 37.9 Å². The molecule has 2 aromatic carbocycles. The van der Waals surface area contributed by atoms with Crippen LogP contribution in [0, 0.1) is 5.82 Å². The summed E-state index contributed by atoms with van der Waals surface area (Å²) in [5, 5.41) is 3.41. The van der Waals surface area contributed by atoms with E-state index in [1.54, 1.807) is 18.2 Å². The van der Waals surface area contributed by atoms with Crippen LogP contribution in [-0.4, -0.2) is 38.5 Å². The number of hydrogen-bond acceptors (Lipinski definition) is 3. The van der Waals surface area contributed by atoms with Gasteiger partial charge in [-0.1, -0.05) is 23.7 Å². The third-order valence-electron chi connectivity index (χ3n) is 3.49. The summed E-state index contributed by atoms with van der Waals surface area (Å²) in [5.41, 5.74) is 2.50. The Balaban J connectivity index is 1.90. The minimum absolute atomic E-state index is 0.131. The molecule has 24 heavy (non-hydrogen) atoms. The monoisotopic (exact) mass is 349 g/mol. The van der Waals surface area contributed by atoms with Crippen LogP contribution in [-0.2, 0) is 11.3 Å². The van der Waals surface area contributed by atoms with Gasteiger partial charge >= 0.3 is 0 Å². The smallest absolute Gasteiger partial charge is 0.238 e. The van der Waals surface area contributed by atoms with Crippen molar-refractivity contribution in [2.24, 2.45) is 0 Å². The van der Waals surface area contributed by atoms with Crippen LogP contribution in [0.1, 0.15) is 5.56 Å².